The molecule has 2 rings (SSSR count). The Hall–Kier alpha value is -1.88. The van der Waals surface area contributed by atoms with Crippen LogP contribution >= 0.6 is 0 Å². The summed E-state index contributed by atoms with van der Waals surface area (Å²) in [5.74, 6) is 2.05. The summed E-state index contributed by atoms with van der Waals surface area (Å²) in [5, 5.41) is 11.5. The fraction of sp³-hybridized carbons (Fsp3) is 0.467. The van der Waals surface area contributed by atoms with Crippen molar-refractivity contribution in [2.45, 2.75) is 26.7 Å². The highest BCUT2D eigenvalue weighted by atomic mass is 16.5. The van der Waals surface area contributed by atoms with Gasteiger partial charge in [0.1, 0.15) is 5.75 Å². The Morgan fingerprint density at radius 1 is 1.30 bits per heavy atom. The molecule has 0 amide bonds. The predicted molar refractivity (Wildman–Crippen MR) is 77.9 cm³/mol. The van der Waals surface area contributed by atoms with E-state index in [1.54, 1.807) is 7.11 Å². The summed E-state index contributed by atoms with van der Waals surface area (Å²) in [5.41, 5.74) is 1.97. The second-order valence-corrected chi connectivity index (χ2v) is 4.64. The van der Waals surface area contributed by atoms with Crippen molar-refractivity contribution in [3.8, 4) is 17.2 Å². The molecule has 0 saturated carbocycles. The molecular formula is C15H21N3O2. The molecule has 0 aliphatic rings. The number of nitrogens with zero attached hydrogens (tertiary/aromatic N) is 2. The highest BCUT2D eigenvalue weighted by Gasteiger charge is 2.10. The van der Waals surface area contributed by atoms with Crippen molar-refractivity contribution in [3.05, 3.63) is 29.7 Å². The zero-order valence-corrected chi connectivity index (χ0v) is 12.3. The number of hydrogen-bond acceptors (Lipinski definition) is 5. The average molecular weight is 275 g/mol. The number of ether oxygens (including phenoxy) is 1. The first-order chi connectivity index (χ1) is 9.74. The van der Waals surface area contributed by atoms with Crippen molar-refractivity contribution < 1.29 is 9.15 Å². The van der Waals surface area contributed by atoms with E-state index >= 15 is 0 Å². The Morgan fingerprint density at radius 2 is 2.15 bits per heavy atom. The summed E-state index contributed by atoms with van der Waals surface area (Å²) in [6, 6.07) is 5.88. The van der Waals surface area contributed by atoms with E-state index in [9.17, 15) is 0 Å². The SMILES string of the molecule is CCNCCCc1nnc(-c2ccc(C)c(OC)c2)o1. The van der Waals surface area contributed by atoms with Gasteiger partial charge in [-0.1, -0.05) is 13.0 Å². The van der Waals surface area contributed by atoms with Crippen LogP contribution in [-0.4, -0.2) is 30.4 Å². The molecule has 0 aliphatic heterocycles. The Kier molecular flexibility index (Phi) is 5.12. The van der Waals surface area contributed by atoms with Gasteiger partial charge in [0.15, 0.2) is 0 Å². The minimum atomic E-state index is 0.543. The molecule has 108 valence electrons. The van der Waals surface area contributed by atoms with Gasteiger partial charge in [-0.3, -0.25) is 0 Å². The van der Waals surface area contributed by atoms with Crippen molar-refractivity contribution in [2.24, 2.45) is 0 Å². The topological polar surface area (TPSA) is 60.2 Å². The summed E-state index contributed by atoms with van der Waals surface area (Å²) in [7, 11) is 1.66. The summed E-state index contributed by atoms with van der Waals surface area (Å²) in [4.78, 5) is 0. The molecule has 0 radical (unpaired) electrons. The lowest BCUT2D eigenvalue weighted by Gasteiger charge is -2.04. The zero-order chi connectivity index (χ0) is 14.4. The van der Waals surface area contributed by atoms with Gasteiger partial charge in [-0.15, -0.1) is 10.2 Å². The van der Waals surface area contributed by atoms with E-state index in [-0.39, 0.29) is 0 Å². The second kappa shape index (κ2) is 7.05. The number of benzene rings is 1. The van der Waals surface area contributed by atoms with Crippen LogP contribution in [0.2, 0.25) is 0 Å². The van der Waals surface area contributed by atoms with Crippen molar-refractivity contribution in [2.75, 3.05) is 20.2 Å². The summed E-state index contributed by atoms with van der Waals surface area (Å²) >= 11 is 0. The largest absolute Gasteiger partial charge is 0.496 e. The number of hydrogen-bond donors (Lipinski definition) is 1. The van der Waals surface area contributed by atoms with Gasteiger partial charge in [0.05, 0.1) is 7.11 Å². The van der Waals surface area contributed by atoms with Crippen LogP contribution in [0.3, 0.4) is 0 Å². The van der Waals surface area contributed by atoms with Gasteiger partial charge in [-0.05, 0) is 44.1 Å². The van der Waals surface area contributed by atoms with Crippen molar-refractivity contribution >= 4 is 0 Å². The first kappa shape index (κ1) is 14.5. The summed E-state index contributed by atoms with van der Waals surface area (Å²) in [6.07, 6.45) is 1.79. The number of aromatic nitrogens is 2. The van der Waals surface area contributed by atoms with Crippen molar-refractivity contribution in [3.63, 3.8) is 0 Å². The molecule has 20 heavy (non-hydrogen) atoms. The van der Waals surface area contributed by atoms with Crippen LogP contribution in [0, 0.1) is 6.92 Å². The van der Waals surface area contributed by atoms with Gasteiger partial charge in [0, 0.05) is 12.0 Å². The fourth-order valence-electron chi connectivity index (χ4n) is 1.97. The Labute approximate surface area is 119 Å². The molecule has 5 nitrogen and oxygen atoms in total. The number of rotatable bonds is 7. The maximum Gasteiger partial charge on any atom is 0.247 e. The van der Waals surface area contributed by atoms with Crippen molar-refractivity contribution in [1.82, 2.24) is 15.5 Å². The molecule has 0 aliphatic carbocycles. The molecule has 1 aromatic heterocycles. The van der Waals surface area contributed by atoms with E-state index in [4.69, 9.17) is 9.15 Å². The van der Waals surface area contributed by atoms with Crippen LogP contribution in [0.25, 0.3) is 11.5 Å². The molecule has 1 N–H and O–H groups in total. The minimum Gasteiger partial charge on any atom is -0.496 e. The van der Waals surface area contributed by atoms with Crippen LogP contribution in [0.5, 0.6) is 5.75 Å². The lowest BCUT2D eigenvalue weighted by Crippen LogP contribution is -2.14. The van der Waals surface area contributed by atoms with Gasteiger partial charge in [0.2, 0.25) is 11.8 Å². The third-order valence-corrected chi connectivity index (χ3v) is 3.12. The highest BCUT2D eigenvalue weighted by molar-refractivity contribution is 5.57. The number of methoxy groups -OCH3 is 1. The van der Waals surface area contributed by atoms with E-state index in [0.717, 1.165) is 42.8 Å². The molecule has 0 unspecified atom stereocenters. The van der Waals surface area contributed by atoms with Gasteiger partial charge >= 0.3 is 0 Å². The van der Waals surface area contributed by atoms with E-state index < -0.39 is 0 Å². The standard InChI is InChI=1S/C15H21N3O2/c1-4-16-9-5-6-14-17-18-15(20-14)12-8-7-11(2)13(10-12)19-3/h7-8,10,16H,4-6,9H2,1-3H3. The molecule has 0 fully saturated rings. The van der Waals surface area contributed by atoms with Gasteiger partial charge in [0.25, 0.3) is 0 Å². The highest BCUT2D eigenvalue weighted by Crippen LogP contribution is 2.26. The molecule has 0 spiro atoms. The lowest BCUT2D eigenvalue weighted by atomic mass is 10.1. The first-order valence-corrected chi connectivity index (χ1v) is 6.92. The Morgan fingerprint density at radius 3 is 2.90 bits per heavy atom. The maximum atomic E-state index is 5.68. The van der Waals surface area contributed by atoms with Gasteiger partial charge in [-0.25, -0.2) is 0 Å². The quantitative estimate of drug-likeness (QED) is 0.787. The van der Waals surface area contributed by atoms with Crippen LogP contribution in [-0.2, 0) is 6.42 Å². The monoisotopic (exact) mass is 275 g/mol. The van der Waals surface area contributed by atoms with Crippen LogP contribution in [0.4, 0.5) is 0 Å². The number of aryl methyl sites for hydroxylation is 2. The normalized spacial score (nSPS) is 10.8. The van der Waals surface area contributed by atoms with Crippen molar-refractivity contribution in [1.29, 1.82) is 0 Å². The van der Waals surface area contributed by atoms with E-state index in [2.05, 4.69) is 22.4 Å². The maximum absolute atomic E-state index is 5.68. The smallest absolute Gasteiger partial charge is 0.247 e. The minimum absolute atomic E-state index is 0.543. The molecular weight excluding hydrogens is 254 g/mol. The Bertz CT molecular complexity index is 552. The molecule has 0 saturated heterocycles. The van der Waals surface area contributed by atoms with Crippen LogP contribution in [0.15, 0.2) is 22.6 Å². The molecule has 0 bridgehead atoms. The average Bonchev–Trinajstić information content (AvgIpc) is 2.93. The van der Waals surface area contributed by atoms with Crippen LogP contribution in [0.1, 0.15) is 24.8 Å². The van der Waals surface area contributed by atoms with Gasteiger partial charge in [-0.2, -0.15) is 0 Å². The lowest BCUT2D eigenvalue weighted by molar-refractivity contribution is 0.411. The molecule has 5 heteroatoms. The van der Waals surface area contributed by atoms with Crippen LogP contribution < -0.4 is 10.1 Å². The Balaban J connectivity index is 2.04. The third kappa shape index (κ3) is 3.57. The fourth-order valence-corrected chi connectivity index (χ4v) is 1.97. The molecule has 1 aromatic carbocycles. The predicted octanol–water partition coefficient (Wildman–Crippen LogP) is 2.60. The summed E-state index contributed by atoms with van der Waals surface area (Å²) in [6.45, 7) is 6.04. The molecule has 2 aromatic rings. The molecule has 0 atom stereocenters. The van der Waals surface area contributed by atoms with E-state index in [1.165, 1.54) is 0 Å². The van der Waals surface area contributed by atoms with E-state index in [1.807, 2.05) is 25.1 Å². The third-order valence-electron chi connectivity index (χ3n) is 3.12. The van der Waals surface area contributed by atoms with Gasteiger partial charge < -0.3 is 14.5 Å². The zero-order valence-electron chi connectivity index (χ0n) is 12.3. The van der Waals surface area contributed by atoms with E-state index in [0.29, 0.717) is 11.8 Å². The molecule has 1 heterocycles. The first-order valence-electron chi connectivity index (χ1n) is 6.92. The summed E-state index contributed by atoms with van der Waals surface area (Å²) < 4.78 is 11.0. The second-order valence-electron chi connectivity index (χ2n) is 4.64. The number of nitrogens with one attached hydrogen (secondary N) is 1.